The van der Waals surface area contributed by atoms with Crippen molar-refractivity contribution in [2.24, 2.45) is 0 Å². The number of hydrogen-bond acceptors (Lipinski definition) is 6. The zero-order chi connectivity index (χ0) is 18.4. The van der Waals surface area contributed by atoms with Crippen LogP contribution in [0.25, 0.3) is 0 Å². The van der Waals surface area contributed by atoms with E-state index in [-0.39, 0.29) is 0 Å². The molecule has 0 fully saturated rings. The van der Waals surface area contributed by atoms with Gasteiger partial charge in [0.25, 0.3) is 11.6 Å². The third-order valence-electron chi connectivity index (χ3n) is 3.11. The van der Waals surface area contributed by atoms with Gasteiger partial charge in [-0.05, 0) is 18.4 Å². The molecule has 2 aromatic rings. The lowest BCUT2D eigenvalue weighted by Gasteiger charge is -2.12. The van der Waals surface area contributed by atoms with E-state index in [4.69, 9.17) is 12.5 Å². The summed E-state index contributed by atoms with van der Waals surface area (Å²) in [5.41, 5.74) is -0.645. The van der Waals surface area contributed by atoms with Gasteiger partial charge < -0.3 is 4.74 Å². The molecule has 1 unspecified atom stereocenters. The number of nitro groups is 2. The highest BCUT2D eigenvalue weighted by molar-refractivity contribution is 5.48. The van der Waals surface area contributed by atoms with Crippen LogP contribution in [0.3, 0.4) is 0 Å². The van der Waals surface area contributed by atoms with E-state index in [0.29, 0.717) is 12.8 Å². The van der Waals surface area contributed by atoms with Crippen molar-refractivity contribution in [1.29, 1.82) is 0 Å². The Balaban J connectivity index is 2.22. The maximum absolute atomic E-state index is 11.2. The Bertz CT molecular complexity index is 836. The fourth-order valence-electron chi connectivity index (χ4n) is 1.94. The molecule has 0 amide bonds. The largest absolute Gasteiger partial charge is 0.456 e. The van der Waals surface area contributed by atoms with Crippen molar-refractivity contribution in [2.75, 3.05) is 0 Å². The van der Waals surface area contributed by atoms with E-state index < -0.39 is 39.2 Å². The highest BCUT2D eigenvalue weighted by Gasteiger charge is 2.24. The Labute approximate surface area is 138 Å². The number of aromatic nitrogens is 1. The summed E-state index contributed by atoms with van der Waals surface area (Å²) in [6.45, 7) is 0. The summed E-state index contributed by atoms with van der Waals surface area (Å²) in [6, 6.07) is 8.55. The average molecular weight is 328 g/mol. The zero-order valence-corrected chi connectivity index (χ0v) is 12.4. The van der Waals surface area contributed by atoms with Gasteiger partial charge in [-0.1, -0.05) is 36.3 Å². The van der Waals surface area contributed by atoms with Crippen molar-refractivity contribution in [3.63, 3.8) is 0 Å². The van der Waals surface area contributed by atoms with Crippen LogP contribution < -0.4 is 4.74 Å². The summed E-state index contributed by atoms with van der Waals surface area (Å²) >= 11 is 0. The lowest BCUT2D eigenvalue weighted by Crippen LogP contribution is -2.16. The van der Waals surface area contributed by atoms with Crippen LogP contribution in [0.4, 0.5) is 11.4 Å². The molecule has 1 aromatic heterocycles. The van der Waals surface area contributed by atoms with Crippen LogP contribution in [-0.2, 0) is 6.42 Å². The van der Waals surface area contributed by atoms with Crippen LogP contribution in [-0.4, -0.2) is 20.9 Å². The Hall–Kier alpha value is -3.47. The van der Waals surface area contributed by atoms with E-state index in [1.165, 1.54) is 0 Å². The van der Waals surface area contributed by atoms with Crippen molar-refractivity contribution < 1.29 is 16.0 Å². The molecular weight excluding hydrogens is 314 g/mol. The molecule has 8 nitrogen and oxygen atoms in total. The van der Waals surface area contributed by atoms with E-state index in [0.717, 1.165) is 11.8 Å². The molecule has 2 rings (SSSR count). The Morgan fingerprint density at radius 1 is 1.29 bits per heavy atom. The molecule has 8 heteroatoms. The predicted molar refractivity (Wildman–Crippen MR) is 85.6 cm³/mol. The first-order chi connectivity index (χ1) is 11.9. The molecule has 24 heavy (non-hydrogen) atoms. The second kappa shape index (κ2) is 7.69. The number of ether oxygens (including phenoxy) is 1. The van der Waals surface area contributed by atoms with E-state index in [2.05, 4.69) is 10.9 Å². The van der Waals surface area contributed by atoms with Gasteiger partial charge in [0.05, 0.1) is 11.2 Å². The maximum Gasteiger partial charge on any atom is 0.337 e. The van der Waals surface area contributed by atoms with Crippen LogP contribution in [0.1, 0.15) is 13.4 Å². The summed E-state index contributed by atoms with van der Waals surface area (Å²) < 4.78 is 13.0. The second-order valence-electron chi connectivity index (χ2n) is 4.73. The highest BCUT2D eigenvalue weighted by Crippen LogP contribution is 2.29. The summed E-state index contributed by atoms with van der Waals surface area (Å²) in [5, 5.41) is 22.0. The predicted octanol–water partition coefficient (Wildman–Crippen LogP) is 2.91. The van der Waals surface area contributed by atoms with Gasteiger partial charge in [-0.2, -0.15) is 0 Å². The van der Waals surface area contributed by atoms with Gasteiger partial charge in [-0.15, -0.1) is 6.42 Å². The zero-order valence-electron chi connectivity index (χ0n) is 13.4. The van der Waals surface area contributed by atoms with Gasteiger partial charge in [0.15, 0.2) is 6.10 Å². The van der Waals surface area contributed by atoms with Crippen LogP contribution >= 0.6 is 0 Å². The number of pyridine rings is 1. The van der Waals surface area contributed by atoms with Crippen molar-refractivity contribution >= 4 is 11.4 Å². The quantitative estimate of drug-likeness (QED) is 0.439. The van der Waals surface area contributed by atoms with Crippen LogP contribution in [0.2, 0.25) is 0 Å². The van der Waals surface area contributed by atoms with Gasteiger partial charge in [-0.3, -0.25) is 20.2 Å². The van der Waals surface area contributed by atoms with Crippen LogP contribution in [0.15, 0.2) is 42.6 Å². The molecule has 0 aliphatic heterocycles. The Morgan fingerprint density at radius 3 is 2.58 bits per heavy atom. The number of hydrogen-bond donors (Lipinski definition) is 0. The maximum atomic E-state index is 11.2. The molecule has 0 saturated heterocycles. The SMILES string of the molecule is [2H]c1c([N+](=O)[O-])cnc(OC(C#C)CCc2ccccc2)c1[N+](=O)[O-]. The molecule has 0 spiro atoms. The summed E-state index contributed by atoms with van der Waals surface area (Å²) in [4.78, 5) is 23.7. The van der Waals surface area contributed by atoms with E-state index >= 15 is 0 Å². The van der Waals surface area contributed by atoms with Gasteiger partial charge >= 0.3 is 5.69 Å². The summed E-state index contributed by atoms with van der Waals surface area (Å²) in [5.74, 6) is 1.86. The fourth-order valence-corrected chi connectivity index (χ4v) is 1.94. The number of nitrogens with zero attached hydrogens (tertiary/aromatic N) is 3. The molecule has 0 aliphatic rings. The molecule has 1 aromatic carbocycles. The van der Waals surface area contributed by atoms with Gasteiger partial charge in [0.2, 0.25) is 0 Å². The molecule has 0 N–H and O–H groups in total. The number of aryl methyl sites for hydroxylation is 1. The lowest BCUT2D eigenvalue weighted by molar-refractivity contribution is -0.395. The molecular formula is C16H13N3O5. The van der Waals surface area contributed by atoms with E-state index in [1.807, 2.05) is 30.3 Å². The first-order valence-corrected chi connectivity index (χ1v) is 6.89. The fraction of sp³-hybridized carbons (Fsp3) is 0.188. The van der Waals surface area contributed by atoms with Crippen molar-refractivity contribution in [1.82, 2.24) is 4.98 Å². The van der Waals surface area contributed by atoms with Crippen LogP contribution in [0, 0.1) is 32.6 Å². The number of benzene rings is 1. The summed E-state index contributed by atoms with van der Waals surface area (Å²) in [6.07, 6.45) is 6.26. The molecule has 0 bridgehead atoms. The van der Waals surface area contributed by atoms with E-state index in [9.17, 15) is 20.2 Å². The Morgan fingerprint density at radius 2 is 2.00 bits per heavy atom. The number of rotatable bonds is 7. The smallest absolute Gasteiger partial charge is 0.337 e. The molecule has 0 saturated carbocycles. The molecule has 122 valence electrons. The first-order valence-electron chi connectivity index (χ1n) is 7.39. The normalized spacial score (nSPS) is 11.9. The molecule has 1 atom stereocenters. The minimum Gasteiger partial charge on any atom is -0.456 e. The lowest BCUT2D eigenvalue weighted by atomic mass is 10.1. The highest BCUT2D eigenvalue weighted by atomic mass is 16.6. The van der Waals surface area contributed by atoms with Crippen LogP contribution in [0.5, 0.6) is 5.88 Å². The third-order valence-corrected chi connectivity index (χ3v) is 3.11. The second-order valence-corrected chi connectivity index (χ2v) is 4.73. The van der Waals surface area contributed by atoms with E-state index in [1.54, 1.807) is 0 Å². The topological polar surface area (TPSA) is 108 Å². The number of terminal acetylenes is 1. The molecule has 0 radical (unpaired) electrons. The van der Waals surface area contributed by atoms with Gasteiger partial charge in [0.1, 0.15) is 12.2 Å². The van der Waals surface area contributed by atoms with Crippen molar-refractivity contribution in [3.8, 4) is 18.2 Å². The van der Waals surface area contributed by atoms with Crippen molar-refractivity contribution in [3.05, 3.63) is 68.4 Å². The molecule has 0 aliphatic carbocycles. The monoisotopic (exact) mass is 328 g/mol. The minimum atomic E-state index is -0.942. The van der Waals surface area contributed by atoms with Gasteiger partial charge in [-0.25, -0.2) is 4.98 Å². The summed E-state index contributed by atoms with van der Waals surface area (Å²) in [7, 11) is 0. The third kappa shape index (κ3) is 4.27. The standard InChI is InChI=1S/C16H13N3O5/c1-2-14(9-8-12-6-4-3-5-7-12)24-16-15(19(22)23)10-13(11-17-16)18(20)21/h1,3-7,10-11,14H,8-9H2/i10D. The average Bonchev–Trinajstić information content (AvgIpc) is 2.58. The van der Waals surface area contributed by atoms with Gasteiger partial charge in [0, 0.05) is 0 Å². The minimum absolute atomic E-state index is 0.365. The first kappa shape index (κ1) is 15.4. The molecule has 1 heterocycles. The Kier molecular flexibility index (Phi) is 4.94. The van der Waals surface area contributed by atoms with Crippen molar-refractivity contribution in [2.45, 2.75) is 18.9 Å².